The number of anilines is 1. The maximum Gasteiger partial charge on any atom is 0.243 e. The minimum atomic E-state index is -3.47. The Kier molecular flexibility index (Phi) is 7.55. The average Bonchev–Trinajstić information content (AvgIpc) is 3.02. The van der Waals surface area contributed by atoms with Gasteiger partial charge in [-0.3, -0.25) is 4.79 Å². The predicted molar refractivity (Wildman–Crippen MR) is 126 cm³/mol. The Morgan fingerprint density at radius 3 is 2.03 bits per heavy atom. The molecule has 1 amide bonds. The molecule has 1 fully saturated rings. The Bertz CT molecular complexity index is 967. The van der Waals surface area contributed by atoms with Gasteiger partial charge >= 0.3 is 0 Å². The molecule has 0 aliphatic carbocycles. The Morgan fingerprint density at radius 2 is 1.48 bits per heavy atom. The topological polar surface area (TPSA) is 66.5 Å². The third kappa shape index (κ3) is 6.40. The van der Waals surface area contributed by atoms with Crippen LogP contribution in [0.4, 0.5) is 5.69 Å². The van der Waals surface area contributed by atoms with Crippen molar-refractivity contribution in [3.8, 4) is 0 Å². The van der Waals surface area contributed by atoms with Crippen molar-refractivity contribution in [1.29, 1.82) is 0 Å². The van der Waals surface area contributed by atoms with Gasteiger partial charge < -0.3 is 5.32 Å². The van der Waals surface area contributed by atoms with E-state index in [-0.39, 0.29) is 16.2 Å². The van der Waals surface area contributed by atoms with Gasteiger partial charge in [0.15, 0.2) is 0 Å². The van der Waals surface area contributed by atoms with E-state index in [4.69, 9.17) is 0 Å². The highest BCUT2D eigenvalue weighted by Crippen LogP contribution is 2.23. The molecule has 1 saturated heterocycles. The lowest BCUT2D eigenvalue weighted by atomic mass is 9.86. The van der Waals surface area contributed by atoms with Gasteiger partial charge in [-0.25, -0.2) is 8.42 Å². The quantitative estimate of drug-likeness (QED) is 0.675. The molecule has 3 rings (SSSR count). The molecule has 168 valence electrons. The van der Waals surface area contributed by atoms with E-state index in [0.29, 0.717) is 31.6 Å². The highest BCUT2D eigenvalue weighted by molar-refractivity contribution is 7.89. The predicted octanol–water partition coefficient (Wildman–Crippen LogP) is 5.12. The van der Waals surface area contributed by atoms with E-state index >= 15 is 0 Å². The first-order chi connectivity index (χ1) is 14.7. The van der Waals surface area contributed by atoms with Crippen molar-refractivity contribution < 1.29 is 13.2 Å². The van der Waals surface area contributed by atoms with Gasteiger partial charge in [0, 0.05) is 25.2 Å². The molecule has 0 radical (unpaired) electrons. The SMILES string of the molecule is CC(C)(C)c1ccc(CCC(=O)Nc2ccc(S(=O)(=O)N3CCCCCC3)cc2)cc1. The molecular weight excluding hydrogens is 408 g/mol. The van der Waals surface area contributed by atoms with Crippen LogP contribution in [-0.2, 0) is 26.7 Å². The van der Waals surface area contributed by atoms with Gasteiger partial charge in [-0.15, -0.1) is 0 Å². The molecule has 1 aliphatic rings. The first-order valence-electron chi connectivity index (χ1n) is 11.2. The summed E-state index contributed by atoms with van der Waals surface area (Å²) in [6.07, 6.45) is 5.02. The molecule has 1 N–H and O–H groups in total. The number of sulfonamides is 1. The van der Waals surface area contributed by atoms with E-state index in [1.807, 2.05) is 0 Å². The van der Waals surface area contributed by atoms with Gasteiger partial charge in [0.25, 0.3) is 0 Å². The van der Waals surface area contributed by atoms with Gasteiger partial charge in [0.2, 0.25) is 15.9 Å². The Hall–Kier alpha value is -2.18. The van der Waals surface area contributed by atoms with Crippen molar-refractivity contribution in [3.05, 3.63) is 59.7 Å². The van der Waals surface area contributed by atoms with Crippen LogP contribution in [0.5, 0.6) is 0 Å². The number of carbonyl (C=O) groups is 1. The summed E-state index contributed by atoms with van der Waals surface area (Å²) in [5.41, 5.74) is 3.13. The second-order valence-electron chi connectivity index (χ2n) is 9.34. The number of carbonyl (C=O) groups excluding carboxylic acids is 1. The summed E-state index contributed by atoms with van der Waals surface area (Å²) in [6, 6.07) is 14.9. The number of nitrogens with zero attached hydrogens (tertiary/aromatic N) is 1. The molecule has 2 aromatic rings. The zero-order valence-electron chi connectivity index (χ0n) is 18.9. The first-order valence-corrected chi connectivity index (χ1v) is 12.6. The van der Waals surface area contributed by atoms with Crippen molar-refractivity contribution in [3.63, 3.8) is 0 Å². The molecule has 1 heterocycles. The smallest absolute Gasteiger partial charge is 0.243 e. The first kappa shape index (κ1) is 23.5. The number of benzene rings is 2. The van der Waals surface area contributed by atoms with Crippen LogP contribution in [0, 0.1) is 0 Å². The van der Waals surface area contributed by atoms with E-state index in [1.54, 1.807) is 28.6 Å². The lowest BCUT2D eigenvalue weighted by Crippen LogP contribution is -2.31. The molecule has 0 saturated carbocycles. The maximum atomic E-state index is 12.9. The molecule has 1 aliphatic heterocycles. The number of hydrogen-bond acceptors (Lipinski definition) is 3. The van der Waals surface area contributed by atoms with E-state index in [0.717, 1.165) is 31.2 Å². The van der Waals surface area contributed by atoms with Gasteiger partial charge in [0.1, 0.15) is 0 Å². The molecule has 6 heteroatoms. The van der Waals surface area contributed by atoms with Crippen molar-refractivity contribution >= 4 is 21.6 Å². The fourth-order valence-corrected chi connectivity index (χ4v) is 5.31. The van der Waals surface area contributed by atoms with Crippen LogP contribution in [0.2, 0.25) is 0 Å². The van der Waals surface area contributed by atoms with Gasteiger partial charge in [-0.2, -0.15) is 4.31 Å². The lowest BCUT2D eigenvalue weighted by molar-refractivity contribution is -0.116. The van der Waals surface area contributed by atoms with Crippen LogP contribution in [0.3, 0.4) is 0 Å². The summed E-state index contributed by atoms with van der Waals surface area (Å²) in [4.78, 5) is 12.6. The average molecular weight is 443 g/mol. The third-order valence-corrected chi connectivity index (χ3v) is 7.71. The van der Waals surface area contributed by atoms with Crippen molar-refractivity contribution in [2.24, 2.45) is 0 Å². The van der Waals surface area contributed by atoms with Crippen LogP contribution in [0.25, 0.3) is 0 Å². The Balaban J connectivity index is 1.55. The summed E-state index contributed by atoms with van der Waals surface area (Å²) >= 11 is 0. The normalized spacial score (nSPS) is 16.0. The summed E-state index contributed by atoms with van der Waals surface area (Å²) in [6.45, 7) is 7.70. The summed E-state index contributed by atoms with van der Waals surface area (Å²) in [7, 11) is -3.47. The second-order valence-corrected chi connectivity index (χ2v) is 11.3. The molecule has 0 unspecified atom stereocenters. The molecular formula is C25H34N2O3S. The van der Waals surface area contributed by atoms with Crippen LogP contribution in [-0.4, -0.2) is 31.7 Å². The molecule has 31 heavy (non-hydrogen) atoms. The minimum absolute atomic E-state index is 0.0805. The van der Waals surface area contributed by atoms with Crippen molar-refractivity contribution in [1.82, 2.24) is 4.31 Å². The number of aryl methyl sites for hydroxylation is 1. The maximum absolute atomic E-state index is 12.9. The summed E-state index contributed by atoms with van der Waals surface area (Å²) in [5, 5.41) is 2.87. The van der Waals surface area contributed by atoms with Crippen molar-refractivity contribution in [2.45, 2.75) is 69.6 Å². The summed E-state index contributed by atoms with van der Waals surface area (Å²) in [5.74, 6) is -0.0805. The largest absolute Gasteiger partial charge is 0.326 e. The monoisotopic (exact) mass is 442 g/mol. The van der Waals surface area contributed by atoms with Crippen LogP contribution in [0.1, 0.15) is 64.0 Å². The number of nitrogens with one attached hydrogen (secondary N) is 1. The summed E-state index contributed by atoms with van der Waals surface area (Å²) < 4.78 is 27.3. The fourth-order valence-electron chi connectivity index (χ4n) is 3.79. The van der Waals surface area contributed by atoms with E-state index < -0.39 is 10.0 Å². The molecule has 0 aromatic heterocycles. The van der Waals surface area contributed by atoms with Gasteiger partial charge in [-0.05, 0) is 60.1 Å². The van der Waals surface area contributed by atoms with Crippen LogP contribution in [0.15, 0.2) is 53.4 Å². The van der Waals surface area contributed by atoms with Gasteiger partial charge in [0.05, 0.1) is 4.90 Å². The zero-order valence-corrected chi connectivity index (χ0v) is 19.7. The lowest BCUT2D eigenvalue weighted by Gasteiger charge is -2.20. The third-order valence-electron chi connectivity index (χ3n) is 5.80. The van der Waals surface area contributed by atoms with E-state index in [1.165, 1.54) is 5.56 Å². The number of hydrogen-bond donors (Lipinski definition) is 1. The Morgan fingerprint density at radius 1 is 0.903 bits per heavy atom. The number of rotatable bonds is 6. The van der Waals surface area contributed by atoms with E-state index in [2.05, 4.69) is 50.4 Å². The molecule has 2 aromatic carbocycles. The highest BCUT2D eigenvalue weighted by Gasteiger charge is 2.25. The van der Waals surface area contributed by atoms with Crippen LogP contribution >= 0.6 is 0 Å². The number of amides is 1. The van der Waals surface area contributed by atoms with Crippen LogP contribution < -0.4 is 5.32 Å². The molecule has 0 spiro atoms. The standard InChI is InChI=1S/C25H34N2O3S/c1-25(2,3)21-11-8-20(9-12-21)10-17-24(28)26-22-13-15-23(16-14-22)31(29,30)27-18-6-4-5-7-19-27/h8-9,11-16H,4-7,10,17-19H2,1-3H3,(H,26,28). The van der Waals surface area contributed by atoms with Crippen molar-refractivity contribution in [2.75, 3.05) is 18.4 Å². The second kappa shape index (κ2) is 9.96. The Labute approximate surface area is 186 Å². The fraction of sp³-hybridized carbons (Fsp3) is 0.480. The zero-order chi connectivity index (χ0) is 22.5. The highest BCUT2D eigenvalue weighted by atomic mass is 32.2. The molecule has 5 nitrogen and oxygen atoms in total. The molecule has 0 atom stereocenters. The van der Waals surface area contributed by atoms with Gasteiger partial charge in [-0.1, -0.05) is 57.9 Å². The minimum Gasteiger partial charge on any atom is -0.326 e. The van der Waals surface area contributed by atoms with E-state index in [9.17, 15) is 13.2 Å². The molecule has 0 bridgehead atoms.